The zero-order valence-corrected chi connectivity index (χ0v) is 8.25. The highest BCUT2D eigenvalue weighted by atomic mass is 16.4. The van der Waals surface area contributed by atoms with Gasteiger partial charge in [-0.05, 0) is 31.8 Å². The molecule has 1 fully saturated rings. The van der Waals surface area contributed by atoms with Crippen LogP contribution in [0, 0.1) is 11.8 Å². The second kappa shape index (κ2) is 5.22. The van der Waals surface area contributed by atoms with Crippen LogP contribution in [-0.4, -0.2) is 24.2 Å². The molecule has 0 aliphatic heterocycles. The maximum absolute atomic E-state index is 10.5. The first-order valence-electron chi connectivity index (χ1n) is 5.19. The summed E-state index contributed by atoms with van der Waals surface area (Å²) in [6.45, 7) is 4.11. The number of aliphatic carboxylic acids is 1. The molecule has 0 bridgehead atoms. The molecular formula is C10H19NO2. The van der Waals surface area contributed by atoms with Crippen LogP contribution in [0.3, 0.4) is 0 Å². The molecule has 76 valence electrons. The number of hydrogen-bond donors (Lipinski definition) is 2. The van der Waals surface area contributed by atoms with E-state index >= 15 is 0 Å². The van der Waals surface area contributed by atoms with E-state index in [-0.39, 0.29) is 5.92 Å². The Bertz CT molecular complexity index is 170. The van der Waals surface area contributed by atoms with E-state index in [1.54, 1.807) is 0 Å². The summed E-state index contributed by atoms with van der Waals surface area (Å²) < 4.78 is 0. The van der Waals surface area contributed by atoms with Crippen LogP contribution in [0.4, 0.5) is 0 Å². The molecule has 0 aromatic heterocycles. The first kappa shape index (κ1) is 10.5. The van der Waals surface area contributed by atoms with Gasteiger partial charge in [-0.25, -0.2) is 0 Å². The fourth-order valence-corrected chi connectivity index (χ4v) is 1.56. The van der Waals surface area contributed by atoms with Gasteiger partial charge in [0.25, 0.3) is 0 Å². The Kier molecular flexibility index (Phi) is 4.22. The number of carbonyl (C=O) groups is 1. The summed E-state index contributed by atoms with van der Waals surface area (Å²) in [4.78, 5) is 10.5. The lowest BCUT2D eigenvalue weighted by atomic mass is 10.2. The van der Waals surface area contributed by atoms with Crippen LogP contribution in [-0.2, 0) is 4.79 Å². The lowest BCUT2D eigenvalue weighted by molar-refractivity contribution is -0.138. The Labute approximate surface area is 79.5 Å². The van der Waals surface area contributed by atoms with E-state index in [1.807, 2.05) is 0 Å². The van der Waals surface area contributed by atoms with E-state index in [2.05, 4.69) is 12.2 Å². The van der Waals surface area contributed by atoms with Crippen LogP contribution in [0.5, 0.6) is 0 Å². The van der Waals surface area contributed by atoms with Crippen molar-refractivity contribution in [1.29, 1.82) is 0 Å². The van der Waals surface area contributed by atoms with Gasteiger partial charge in [-0.2, -0.15) is 0 Å². The number of hydrogen-bond acceptors (Lipinski definition) is 2. The summed E-state index contributed by atoms with van der Waals surface area (Å²) >= 11 is 0. The van der Waals surface area contributed by atoms with Crippen molar-refractivity contribution >= 4 is 5.97 Å². The zero-order chi connectivity index (χ0) is 9.68. The van der Waals surface area contributed by atoms with Gasteiger partial charge in [0, 0.05) is 0 Å². The van der Waals surface area contributed by atoms with Crippen LogP contribution >= 0.6 is 0 Å². The Morgan fingerprint density at radius 1 is 1.54 bits per heavy atom. The minimum absolute atomic E-state index is 0.0568. The molecule has 3 heteroatoms. The van der Waals surface area contributed by atoms with Crippen LogP contribution in [0.1, 0.15) is 32.6 Å². The summed E-state index contributed by atoms with van der Waals surface area (Å²) in [5.74, 6) is -0.279. The highest BCUT2D eigenvalue weighted by Crippen LogP contribution is 2.37. The second-order valence-corrected chi connectivity index (χ2v) is 3.85. The van der Waals surface area contributed by atoms with E-state index in [4.69, 9.17) is 5.11 Å². The van der Waals surface area contributed by atoms with Gasteiger partial charge in [0.1, 0.15) is 0 Å². The van der Waals surface area contributed by atoms with Crippen LogP contribution in [0.2, 0.25) is 0 Å². The summed E-state index contributed by atoms with van der Waals surface area (Å²) in [6, 6.07) is 0. The van der Waals surface area contributed by atoms with Crippen molar-refractivity contribution in [2.75, 3.05) is 13.1 Å². The molecule has 0 amide bonds. The van der Waals surface area contributed by atoms with Gasteiger partial charge in [0.2, 0.25) is 0 Å². The molecular weight excluding hydrogens is 166 g/mol. The van der Waals surface area contributed by atoms with E-state index in [0.717, 1.165) is 19.5 Å². The normalized spacial score (nSPS) is 25.9. The smallest absolute Gasteiger partial charge is 0.306 e. The number of nitrogens with one attached hydrogen (secondary N) is 1. The maximum atomic E-state index is 10.5. The highest BCUT2D eigenvalue weighted by molar-refractivity contribution is 5.73. The van der Waals surface area contributed by atoms with Crippen LogP contribution in [0.25, 0.3) is 0 Å². The first-order valence-corrected chi connectivity index (χ1v) is 5.19. The lowest BCUT2D eigenvalue weighted by Gasteiger charge is -2.01. The molecule has 3 nitrogen and oxygen atoms in total. The van der Waals surface area contributed by atoms with Gasteiger partial charge in [-0.1, -0.05) is 19.8 Å². The summed E-state index contributed by atoms with van der Waals surface area (Å²) in [5.41, 5.74) is 0. The van der Waals surface area contributed by atoms with Gasteiger partial charge in [-0.15, -0.1) is 0 Å². The van der Waals surface area contributed by atoms with Crippen molar-refractivity contribution < 1.29 is 9.90 Å². The molecule has 0 aromatic rings. The first-order chi connectivity index (χ1) is 6.25. The van der Waals surface area contributed by atoms with Gasteiger partial charge >= 0.3 is 5.97 Å². The highest BCUT2D eigenvalue weighted by Gasteiger charge is 2.42. The summed E-state index contributed by atoms with van der Waals surface area (Å²) in [7, 11) is 0. The minimum atomic E-state index is -0.625. The molecule has 1 aliphatic carbocycles. The van der Waals surface area contributed by atoms with Crippen molar-refractivity contribution in [3.63, 3.8) is 0 Å². The predicted octanol–water partition coefficient (Wildman–Crippen LogP) is 1.49. The van der Waals surface area contributed by atoms with Crippen LogP contribution < -0.4 is 5.32 Å². The van der Waals surface area contributed by atoms with Crippen molar-refractivity contribution in [2.45, 2.75) is 32.6 Å². The molecule has 0 aromatic carbocycles. The molecule has 0 spiro atoms. The molecule has 0 saturated heterocycles. The molecule has 1 aliphatic rings. The molecule has 2 N–H and O–H groups in total. The minimum Gasteiger partial charge on any atom is -0.481 e. The Morgan fingerprint density at radius 3 is 2.85 bits per heavy atom. The Morgan fingerprint density at radius 2 is 2.31 bits per heavy atom. The standard InChI is InChI=1S/C10H19NO2/c1-2-3-4-5-11-7-8-6-9(8)10(12)13/h8-9,11H,2-7H2,1H3,(H,12,13). The third kappa shape index (κ3) is 3.77. The lowest BCUT2D eigenvalue weighted by Crippen LogP contribution is -2.19. The van der Waals surface area contributed by atoms with Gasteiger partial charge in [0.05, 0.1) is 5.92 Å². The van der Waals surface area contributed by atoms with Gasteiger partial charge < -0.3 is 10.4 Å². The average Bonchev–Trinajstić information content (AvgIpc) is 2.83. The predicted molar refractivity (Wildman–Crippen MR) is 51.6 cm³/mol. The van der Waals surface area contributed by atoms with E-state index < -0.39 is 5.97 Å². The quantitative estimate of drug-likeness (QED) is 0.591. The van der Waals surface area contributed by atoms with E-state index in [9.17, 15) is 4.79 Å². The van der Waals surface area contributed by atoms with E-state index in [1.165, 1.54) is 19.3 Å². The molecule has 2 atom stereocenters. The molecule has 0 heterocycles. The summed E-state index contributed by atoms with van der Waals surface area (Å²) in [6.07, 6.45) is 4.58. The Hall–Kier alpha value is -0.570. The number of carboxylic acids is 1. The molecule has 2 unspecified atom stereocenters. The Balaban J connectivity index is 1.88. The van der Waals surface area contributed by atoms with Crippen molar-refractivity contribution in [3.05, 3.63) is 0 Å². The average molecular weight is 185 g/mol. The zero-order valence-electron chi connectivity index (χ0n) is 8.25. The van der Waals surface area contributed by atoms with Gasteiger partial charge in [-0.3, -0.25) is 4.79 Å². The van der Waals surface area contributed by atoms with Gasteiger partial charge in [0.15, 0.2) is 0 Å². The topological polar surface area (TPSA) is 49.3 Å². The third-order valence-corrected chi connectivity index (χ3v) is 2.60. The summed E-state index contributed by atoms with van der Waals surface area (Å²) in [5, 5.41) is 11.9. The molecule has 1 saturated carbocycles. The van der Waals surface area contributed by atoms with Crippen molar-refractivity contribution in [3.8, 4) is 0 Å². The molecule has 13 heavy (non-hydrogen) atoms. The fraction of sp³-hybridized carbons (Fsp3) is 0.900. The number of rotatable bonds is 7. The van der Waals surface area contributed by atoms with Crippen LogP contribution in [0.15, 0.2) is 0 Å². The number of unbranched alkanes of at least 4 members (excludes halogenated alkanes) is 2. The molecule has 0 radical (unpaired) electrons. The van der Waals surface area contributed by atoms with Crippen molar-refractivity contribution in [2.24, 2.45) is 11.8 Å². The maximum Gasteiger partial charge on any atom is 0.306 e. The monoisotopic (exact) mass is 185 g/mol. The third-order valence-electron chi connectivity index (χ3n) is 2.60. The second-order valence-electron chi connectivity index (χ2n) is 3.85. The molecule has 1 rings (SSSR count). The number of carboxylic acid groups (broad SMARTS) is 1. The van der Waals surface area contributed by atoms with E-state index in [0.29, 0.717) is 5.92 Å². The fourth-order valence-electron chi connectivity index (χ4n) is 1.56. The van der Waals surface area contributed by atoms with Crippen molar-refractivity contribution in [1.82, 2.24) is 5.32 Å². The SMILES string of the molecule is CCCCCNCC1CC1C(=O)O. The largest absolute Gasteiger partial charge is 0.481 e.